The number of aromatic nitrogens is 4. The van der Waals surface area contributed by atoms with Crippen molar-refractivity contribution in [1.82, 2.24) is 24.4 Å². The Balaban J connectivity index is 0.00000176. The second-order valence-electron chi connectivity index (χ2n) is 12.5. The lowest BCUT2D eigenvalue weighted by atomic mass is 9.92. The summed E-state index contributed by atoms with van der Waals surface area (Å²) in [5.74, 6) is 2.36. The largest absolute Gasteiger partial charge is 0.365 e. The smallest absolute Gasteiger partial charge is 0.227 e. The van der Waals surface area contributed by atoms with Gasteiger partial charge in [0.05, 0.1) is 6.33 Å². The van der Waals surface area contributed by atoms with E-state index in [0.29, 0.717) is 35.9 Å². The molecule has 3 aromatic rings. The van der Waals surface area contributed by atoms with Crippen LogP contribution in [-0.4, -0.2) is 61.5 Å². The first-order valence-corrected chi connectivity index (χ1v) is 15.5. The molecule has 11 heteroatoms. The molecule has 3 heterocycles. The minimum atomic E-state index is 0. The van der Waals surface area contributed by atoms with Crippen LogP contribution in [0.15, 0.2) is 36.7 Å². The van der Waals surface area contributed by atoms with E-state index in [1.807, 2.05) is 12.4 Å². The summed E-state index contributed by atoms with van der Waals surface area (Å²) < 4.78 is 2.28. The van der Waals surface area contributed by atoms with Gasteiger partial charge in [-0.25, -0.2) is 4.98 Å². The number of benzene rings is 1. The van der Waals surface area contributed by atoms with Gasteiger partial charge in [0.15, 0.2) is 17.0 Å². The molecule has 7 rings (SSSR count). The number of nitrogens with zero attached hydrogens (tertiary/aromatic N) is 5. The minimum Gasteiger partial charge on any atom is -0.365 e. The molecule has 9 nitrogen and oxygen atoms in total. The Kier molecular flexibility index (Phi) is 9.80. The minimum absolute atomic E-state index is 0. The summed E-state index contributed by atoms with van der Waals surface area (Å²) >= 11 is 0. The van der Waals surface area contributed by atoms with E-state index in [9.17, 15) is 4.79 Å². The van der Waals surface area contributed by atoms with Gasteiger partial charge in [-0.2, -0.15) is 9.97 Å². The Morgan fingerprint density at radius 1 is 0.857 bits per heavy atom. The van der Waals surface area contributed by atoms with Crippen LogP contribution < -0.4 is 16.4 Å². The summed E-state index contributed by atoms with van der Waals surface area (Å²) in [5.41, 5.74) is 9.22. The van der Waals surface area contributed by atoms with Gasteiger partial charge >= 0.3 is 0 Å². The number of carbonyl (C=O) groups excluding carboxylic acids is 1. The van der Waals surface area contributed by atoms with E-state index >= 15 is 0 Å². The highest BCUT2D eigenvalue weighted by atomic mass is 35.5. The van der Waals surface area contributed by atoms with Crippen molar-refractivity contribution in [3.05, 3.63) is 42.2 Å². The topological polar surface area (TPSA) is 114 Å². The van der Waals surface area contributed by atoms with Crippen molar-refractivity contribution in [3.63, 3.8) is 0 Å². The second-order valence-corrected chi connectivity index (χ2v) is 12.5. The predicted octanol–water partition coefficient (Wildman–Crippen LogP) is 5.67. The van der Waals surface area contributed by atoms with Crippen molar-refractivity contribution in [2.75, 3.05) is 23.7 Å². The standard InChI is InChI=1S/C31H42N8O.2ClH/c32-21-10-12-22(13-11-21)35-31-36-28(27-29(37-31)39(19-33-27)24-8-4-5-9-24)34-23-14-16-38(17-15-23)30(40)26-18-25(26)20-6-2-1-3-7-20;;/h1-3,6-7,19,21-26H,4-5,8-18,32H2,(H2,34,35,36,37);2*1H/t21?,22?,25-,26+;;/m0../s1. The van der Waals surface area contributed by atoms with Crippen LogP contribution in [0.3, 0.4) is 0 Å². The molecule has 1 saturated heterocycles. The van der Waals surface area contributed by atoms with E-state index in [0.717, 1.165) is 75.0 Å². The third kappa shape index (κ3) is 6.48. The molecule has 4 N–H and O–H groups in total. The molecule has 2 aromatic heterocycles. The van der Waals surface area contributed by atoms with Crippen LogP contribution in [0.2, 0.25) is 0 Å². The molecule has 0 bridgehead atoms. The summed E-state index contributed by atoms with van der Waals surface area (Å²) in [4.78, 5) is 30.1. The fourth-order valence-electron chi connectivity index (χ4n) is 7.19. The number of amides is 1. The molecule has 3 aliphatic carbocycles. The van der Waals surface area contributed by atoms with Crippen LogP contribution in [0, 0.1) is 5.92 Å². The van der Waals surface area contributed by atoms with Gasteiger partial charge in [-0.3, -0.25) is 4.79 Å². The summed E-state index contributed by atoms with van der Waals surface area (Å²) in [6.45, 7) is 1.57. The van der Waals surface area contributed by atoms with Gasteiger partial charge in [-0.15, -0.1) is 24.8 Å². The molecule has 4 aliphatic rings. The number of hydrogen-bond donors (Lipinski definition) is 3. The third-order valence-corrected chi connectivity index (χ3v) is 9.73. The monoisotopic (exact) mass is 614 g/mol. The SMILES string of the molecule is Cl.Cl.NC1CCC(Nc2nc(NC3CCN(C(=O)[C@@H]4C[C@H]4c4ccccc4)CC3)c3ncn(C4CCCC4)c3n2)CC1. The second kappa shape index (κ2) is 13.3. The zero-order valence-corrected chi connectivity index (χ0v) is 25.8. The van der Waals surface area contributed by atoms with Crippen LogP contribution in [-0.2, 0) is 4.79 Å². The van der Waals surface area contributed by atoms with E-state index in [2.05, 4.69) is 44.4 Å². The Morgan fingerprint density at radius 3 is 2.26 bits per heavy atom. The van der Waals surface area contributed by atoms with Gasteiger partial charge in [0.25, 0.3) is 0 Å². The summed E-state index contributed by atoms with van der Waals surface area (Å²) in [6.07, 6.45) is 13.8. The zero-order chi connectivity index (χ0) is 27.1. The highest BCUT2D eigenvalue weighted by Crippen LogP contribution is 2.48. The average Bonchev–Trinajstić information content (AvgIpc) is 3.37. The summed E-state index contributed by atoms with van der Waals surface area (Å²) in [6, 6.07) is 11.9. The van der Waals surface area contributed by atoms with Crippen molar-refractivity contribution < 1.29 is 4.79 Å². The molecule has 0 spiro atoms. The van der Waals surface area contributed by atoms with Crippen LogP contribution in [0.5, 0.6) is 0 Å². The molecule has 2 atom stereocenters. The van der Waals surface area contributed by atoms with Gasteiger partial charge in [-0.1, -0.05) is 43.2 Å². The molecule has 4 fully saturated rings. The molecular weight excluding hydrogens is 571 g/mol. The van der Waals surface area contributed by atoms with Crippen LogP contribution in [0.1, 0.15) is 88.2 Å². The first kappa shape index (κ1) is 30.8. The number of piperidine rings is 1. The quantitative estimate of drug-likeness (QED) is 0.314. The van der Waals surface area contributed by atoms with Crippen LogP contribution in [0.25, 0.3) is 11.2 Å². The number of fused-ring (bicyclic) bond motifs is 1. The van der Waals surface area contributed by atoms with Crippen molar-refractivity contribution in [1.29, 1.82) is 0 Å². The Morgan fingerprint density at radius 2 is 1.55 bits per heavy atom. The normalized spacial score (nSPS) is 26.4. The maximum atomic E-state index is 13.2. The number of nitrogens with two attached hydrogens (primary N) is 1. The number of rotatable bonds is 7. The van der Waals surface area contributed by atoms with E-state index in [-0.39, 0.29) is 36.8 Å². The van der Waals surface area contributed by atoms with Crippen molar-refractivity contribution in [2.45, 2.75) is 101 Å². The van der Waals surface area contributed by atoms with Gasteiger partial charge in [0, 0.05) is 43.2 Å². The fourth-order valence-corrected chi connectivity index (χ4v) is 7.19. The molecule has 42 heavy (non-hydrogen) atoms. The lowest BCUT2D eigenvalue weighted by molar-refractivity contribution is -0.133. The lowest BCUT2D eigenvalue weighted by Crippen LogP contribution is -2.43. The van der Waals surface area contributed by atoms with Crippen molar-refractivity contribution in [3.8, 4) is 0 Å². The molecule has 1 aromatic carbocycles. The number of likely N-dealkylation sites (tertiary alicyclic amines) is 1. The van der Waals surface area contributed by atoms with E-state index in [1.165, 1.54) is 31.2 Å². The Bertz CT molecular complexity index is 1330. The van der Waals surface area contributed by atoms with E-state index < -0.39 is 0 Å². The van der Waals surface area contributed by atoms with Gasteiger partial charge in [0.2, 0.25) is 11.9 Å². The maximum absolute atomic E-state index is 13.2. The number of hydrogen-bond acceptors (Lipinski definition) is 7. The summed E-state index contributed by atoms with van der Waals surface area (Å²) in [7, 11) is 0. The van der Waals surface area contributed by atoms with Crippen LogP contribution >= 0.6 is 24.8 Å². The first-order chi connectivity index (χ1) is 19.6. The molecular formula is C31H44Cl2N8O. The number of imidazole rings is 1. The maximum Gasteiger partial charge on any atom is 0.227 e. The van der Waals surface area contributed by atoms with Crippen molar-refractivity contribution in [2.24, 2.45) is 11.7 Å². The fraction of sp³-hybridized carbons (Fsp3) is 0.613. The van der Waals surface area contributed by atoms with Gasteiger partial charge in [-0.05, 0) is 69.3 Å². The molecule has 0 unspecified atom stereocenters. The zero-order valence-electron chi connectivity index (χ0n) is 24.2. The highest BCUT2D eigenvalue weighted by Gasteiger charge is 2.46. The number of nitrogens with one attached hydrogen (secondary N) is 2. The van der Waals surface area contributed by atoms with Crippen molar-refractivity contribution >= 4 is 53.7 Å². The van der Waals surface area contributed by atoms with Gasteiger partial charge < -0.3 is 25.8 Å². The number of halogens is 2. The number of anilines is 2. The Labute approximate surface area is 260 Å². The highest BCUT2D eigenvalue weighted by molar-refractivity contribution is 5.86. The number of carbonyl (C=O) groups is 1. The molecule has 1 aliphatic heterocycles. The van der Waals surface area contributed by atoms with Crippen LogP contribution in [0.4, 0.5) is 11.8 Å². The Hall–Kier alpha value is -2.62. The van der Waals surface area contributed by atoms with E-state index in [1.54, 1.807) is 0 Å². The first-order valence-electron chi connectivity index (χ1n) is 15.5. The average molecular weight is 616 g/mol. The summed E-state index contributed by atoms with van der Waals surface area (Å²) in [5, 5.41) is 7.35. The third-order valence-electron chi connectivity index (χ3n) is 9.73. The molecule has 228 valence electrons. The lowest BCUT2D eigenvalue weighted by Gasteiger charge is -2.33. The molecule has 3 saturated carbocycles. The van der Waals surface area contributed by atoms with E-state index in [4.69, 9.17) is 20.7 Å². The molecule has 1 amide bonds. The van der Waals surface area contributed by atoms with Gasteiger partial charge in [0.1, 0.15) is 0 Å². The molecule has 0 radical (unpaired) electrons. The predicted molar refractivity (Wildman–Crippen MR) is 172 cm³/mol.